The number of halogens is 1. The second-order valence-corrected chi connectivity index (χ2v) is 8.52. The van der Waals surface area contributed by atoms with Crippen LogP contribution in [-0.4, -0.2) is 48.3 Å². The first-order valence-electron chi connectivity index (χ1n) is 10.4. The van der Waals surface area contributed by atoms with Crippen molar-refractivity contribution in [3.8, 4) is 23.0 Å². The number of ether oxygens (including phenoxy) is 4. The zero-order valence-corrected chi connectivity index (χ0v) is 19.0. The molecule has 0 spiro atoms. The lowest BCUT2D eigenvalue weighted by Gasteiger charge is -2.17. The summed E-state index contributed by atoms with van der Waals surface area (Å²) in [6.45, 7) is 2.75. The lowest BCUT2D eigenvalue weighted by molar-refractivity contribution is 0.0915. The van der Waals surface area contributed by atoms with Gasteiger partial charge in [0.15, 0.2) is 11.6 Å². The van der Waals surface area contributed by atoms with Gasteiger partial charge in [-0.25, -0.2) is 4.39 Å². The van der Waals surface area contributed by atoms with Gasteiger partial charge in [0.1, 0.15) is 29.2 Å². The Morgan fingerprint density at radius 1 is 1.30 bits per heavy atom. The fraction of sp³-hybridized carbons (Fsp3) is 0.304. The van der Waals surface area contributed by atoms with Crippen molar-refractivity contribution in [2.75, 3.05) is 31.4 Å². The first-order valence-corrected chi connectivity index (χ1v) is 11.4. The van der Waals surface area contributed by atoms with Crippen LogP contribution in [0.1, 0.15) is 23.7 Å². The number of H-pyrrole nitrogens is 1. The number of benzene rings is 2. The van der Waals surface area contributed by atoms with Gasteiger partial charge in [-0.1, -0.05) is 0 Å². The molecule has 2 aromatic carbocycles. The van der Waals surface area contributed by atoms with Crippen molar-refractivity contribution in [1.82, 2.24) is 10.2 Å². The van der Waals surface area contributed by atoms with Crippen LogP contribution in [0, 0.1) is 5.82 Å². The van der Waals surface area contributed by atoms with Gasteiger partial charge in [0, 0.05) is 36.6 Å². The molecular formula is C23H24FN3O5S. The van der Waals surface area contributed by atoms with Crippen LogP contribution in [0.3, 0.4) is 0 Å². The average Bonchev–Trinajstić information content (AvgIpc) is 3.18. The van der Waals surface area contributed by atoms with E-state index in [1.165, 1.54) is 24.4 Å². The Hall–Kier alpha value is -3.24. The number of anilines is 1. The molecule has 0 saturated heterocycles. The lowest BCUT2D eigenvalue weighted by atomic mass is 10.2. The molecule has 0 aliphatic carbocycles. The third-order valence-electron chi connectivity index (χ3n) is 4.66. The van der Waals surface area contributed by atoms with Crippen molar-refractivity contribution in [2.24, 2.45) is 0 Å². The Kier molecular flexibility index (Phi) is 7.36. The van der Waals surface area contributed by atoms with Crippen molar-refractivity contribution in [3.05, 3.63) is 54.0 Å². The number of aromatic amines is 1. The van der Waals surface area contributed by atoms with Crippen molar-refractivity contribution in [2.45, 2.75) is 24.3 Å². The van der Waals surface area contributed by atoms with Crippen LogP contribution in [0.15, 0.2) is 47.5 Å². The standard InChI is InChI=1S/C23H24FN3O5S/c1-14(13-29-2)31-16-8-15(23(28)26-22-4-5-25-27-22)9-17(10-16)32-19-12-20-21(11-18(19)24)33-7-3-6-30-20/h4-5,8-12,14H,3,6-7,13H2,1-2H3,(H2,25,26,27,28). The Morgan fingerprint density at radius 3 is 2.94 bits per heavy atom. The second-order valence-electron chi connectivity index (χ2n) is 7.38. The van der Waals surface area contributed by atoms with Crippen LogP contribution in [0.2, 0.25) is 0 Å². The summed E-state index contributed by atoms with van der Waals surface area (Å²) in [6.07, 6.45) is 2.13. The van der Waals surface area contributed by atoms with Gasteiger partial charge < -0.3 is 24.3 Å². The van der Waals surface area contributed by atoms with Crippen LogP contribution < -0.4 is 19.5 Å². The van der Waals surface area contributed by atoms with E-state index in [1.54, 1.807) is 37.1 Å². The quantitative estimate of drug-likeness (QED) is 0.481. The molecule has 33 heavy (non-hydrogen) atoms. The molecule has 1 atom stereocenters. The van der Waals surface area contributed by atoms with Gasteiger partial charge in [0.2, 0.25) is 0 Å². The van der Waals surface area contributed by atoms with Gasteiger partial charge in [-0.2, -0.15) is 5.10 Å². The summed E-state index contributed by atoms with van der Waals surface area (Å²) in [5.74, 6) is 1.57. The molecule has 0 saturated carbocycles. The minimum atomic E-state index is -0.519. The number of fused-ring (bicyclic) bond motifs is 1. The fourth-order valence-electron chi connectivity index (χ4n) is 3.22. The number of aromatic nitrogens is 2. The highest BCUT2D eigenvalue weighted by Crippen LogP contribution is 2.39. The summed E-state index contributed by atoms with van der Waals surface area (Å²) in [4.78, 5) is 13.5. The van der Waals surface area contributed by atoms with E-state index in [4.69, 9.17) is 18.9 Å². The second kappa shape index (κ2) is 10.6. The topological polar surface area (TPSA) is 94.7 Å². The Labute approximate surface area is 194 Å². The SMILES string of the molecule is COCC(C)Oc1cc(Oc2cc3c(cc2F)SCCCO3)cc(C(=O)Nc2ccn[nH]2)c1. The van der Waals surface area contributed by atoms with Gasteiger partial charge in [-0.15, -0.1) is 11.8 Å². The van der Waals surface area contributed by atoms with Crippen molar-refractivity contribution in [3.63, 3.8) is 0 Å². The molecule has 1 aliphatic rings. The number of thioether (sulfide) groups is 1. The van der Waals surface area contributed by atoms with E-state index in [9.17, 15) is 9.18 Å². The summed E-state index contributed by atoms with van der Waals surface area (Å²) in [7, 11) is 1.57. The van der Waals surface area contributed by atoms with Crippen LogP contribution in [0.5, 0.6) is 23.0 Å². The van der Waals surface area contributed by atoms with Gasteiger partial charge >= 0.3 is 0 Å². The van der Waals surface area contributed by atoms with Crippen molar-refractivity contribution in [1.29, 1.82) is 0 Å². The monoisotopic (exact) mass is 473 g/mol. The van der Waals surface area contributed by atoms with Gasteiger partial charge in [-0.3, -0.25) is 9.89 Å². The van der Waals surface area contributed by atoms with Gasteiger partial charge in [0.25, 0.3) is 5.91 Å². The maximum absolute atomic E-state index is 14.8. The molecule has 1 unspecified atom stereocenters. The predicted octanol–water partition coefficient (Wildman–Crippen LogP) is 4.88. The Balaban J connectivity index is 1.63. The highest BCUT2D eigenvalue weighted by atomic mass is 32.2. The number of nitrogens with zero attached hydrogens (tertiary/aromatic N) is 1. The zero-order chi connectivity index (χ0) is 23.2. The average molecular weight is 474 g/mol. The molecule has 1 aliphatic heterocycles. The predicted molar refractivity (Wildman–Crippen MR) is 122 cm³/mol. The van der Waals surface area contributed by atoms with Crippen molar-refractivity contribution < 1.29 is 28.1 Å². The van der Waals surface area contributed by atoms with Crippen LogP contribution in [0.4, 0.5) is 10.2 Å². The Bertz CT molecular complexity index is 1110. The third kappa shape index (κ3) is 5.96. The molecular weight excluding hydrogens is 449 g/mol. The van der Waals surface area contributed by atoms with Gasteiger partial charge in [-0.05, 0) is 31.5 Å². The van der Waals surface area contributed by atoms with Crippen LogP contribution in [-0.2, 0) is 4.74 Å². The number of nitrogens with one attached hydrogen (secondary N) is 2. The minimum Gasteiger partial charge on any atom is -0.492 e. The minimum absolute atomic E-state index is 0.00161. The van der Waals surface area contributed by atoms with Crippen LogP contribution in [0.25, 0.3) is 0 Å². The number of rotatable bonds is 8. The van der Waals surface area contributed by atoms with E-state index in [0.29, 0.717) is 30.5 Å². The Morgan fingerprint density at radius 2 is 2.15 bits per heavy atom. The largest absolute Gasteiger partial charge is 0.492 e. The number of carbonyl (C=O) groups is 1. The molecule has 8 nitrogen and oxygen atoms in total. The van der Waals surface area contributed by atoms with Gasteiger partial charge in [0.05, 0.1) is 24.3 Å². The molecule has 0 fully saturated rings. The molecule has 0 bridgehead atoms. The first-order chi connectivity index (χ1) is 16.0. The number of amides is 1. The van der Waals surface area contributed by atoms with E-state index in [-0.39, 0.29) is 23.2 Å². The number of hydrogen-bond acceptors (Lipinski definition) is 7. The fourth-order valence-corrected chi connectivity index (χ4v) is 4.15. The number of methoxy groups -OCH3 is 1. The maximum Gasteiger partial charge on any atom is 0.257 e. The molecule has 10 heteroatoms. The molecule has 1 aromatic heterocycles. The summed E-state index contributed by atoms with van der Waals surface area (Å²) < 4.78 is 37.3. The van der Waals surface area contributed by atoms with E-state index < -0.39 is 11.7 Å². The summed E-state index contributed by atoms with van der Waals surface area (Å²) >= 11 is 1.55. The molecule has 4 rings (SSSR count). The van der Waals surface area contributed by atoms with Crippen LogP contribution >= 0.6 is 11.8 Å². The molecule has 2 heterocycles. The molecule has 3 aromatic rings. The zero-order valence-electron chi connectivity index (χ0n) is 18.2. The summed E-state index contributed by atoms with van der Waals surface area (Å²) in [6, 6.07) is 9.26. The summed E-state index contributed by atoms with van der Waals surface area (Å²) in [5, 5.41) is 9.19. The van der Waals surface area contributed by atoms with Crippen molar-refractivity contribution >= 4 is 23.5 Å². The highest BCUT2D eigenvalue weighted by Gasteiger charge is 2.18. The number of hydrogen-bond donors (Lipinski definition) is 2. The number of carbonyl (C=O) groups excluding carboxylic acids is 1. The maximum atomic E-state index is 14.8. The smallest absolute Gasteiger partial charge is 0.257 e. The van der Waals surface area contributed by atoms with E-state index in [0.717, 1.165) is 17.1 Å². The summed E-state index contributed by atoms with van der Waals surface area (Å²) in [5.41, 5.74) is 0.267. The van der Waals surface area contributed by atoms with E-state index in [2.05, 4.69) is 15.5 Å². The lowest BCUT2D eigenvalue weighted by Crippen LogP contribution is -2.18. The molecule has 174 valence electrons. The molecule has 1 amide bonds. The molecule has 0 radical (unpaired) electrons. The van der Waals surface area contributed by atoms with E-state index in [1.807, 2.05) is 6.92 Å². The highest BCUT2D eigenvalue weighted by molar-refractivity contribution is 7.99. The first kappa shape index (κ1) is 22.9. The normalized spacial score (nSPS) is 13.9. The van der Waals surface area contributed by atoms with E-state index >= 15 is 0 Å². The molecule has 2 N–H and O–H groups in total. The third-order valence-corrected chi connectivity index (χ3v) is 5.78.